The summed E-state index contributed by atoms with van der Waals surface area (Å²) in [4.78, 5) is 2.45. The summed E-state index contributed by atoms with van der Waals surface area (Å²) in [6.07, 6.45) is 0. The number of nitrogens with zero attached hydrogens (tertiary/aromatic N) is 2. The molecule has 6 heteroatoms. The Labute approximate surface area is 98.4 Å². The zero-order valence-electron chi connectivity index (χ0n) is 10.7. The van der Waals surface area contributed by atoms with E-state index < -0.39 is 7.32 Å². The van der Waals surface area contributed by atoms with E-state index in [1.54, 1.807) is 5.06 Å². The van der Waals surface area contributed by atoms with Crippen LogP contribution >= 0.6 is 0 Å². The van der Waals surface area contributed by atoms with Gasteiger partial charge in [0.05, 0.1) is 0 Å². The van der Waals surface area contributed by atoms with Crippen molar-refractivity contribution in [3.8, 4) is 0 Å². The van der Waals surface area contributed by atoms with E-state index >= 15 is 0 Å². The molecule has 1 atom stereocenters. The van der Waals surface area contributed by atoms with Crippen LogP contribution in [0.2, 0.25) is 0 Å². The van der Waals surface area contributed by atoms with Crippen LogP contribution in [0.5, 0.6) is 0 Å². The summed E-state index contributed by atoms with van der Waals surface area (Å²) in [5.41, 5.74) is 0. The van der Waals surface area contributed by atoms with Gasteiger partial charge in [0, 0.05) is 39.3 Å². The third-order valence-corrected chi connectivity index (χ3v) is 3.25. The Hall–Kier alpha value is -0.135. The van der Waals surface area contributed by atoms with Crippen LogP contribution in [0.4, 0.5) is 0 Å². The van der Waals surface area contributed by atoms with Crippen molar-refractivity contribution in [2.24, 2.45) is 5.92 Å². The highest BCUT2D eigenvalue weighted by Gasteiger charge is 2.26. The molecule has 1 aliphatic heterocycles. The Morgan fingerprint density at radius 2 is 1.69 bits per heavy atom. The zero-order valence-corrected chi connectivity index (χ0v) is 10.7. The largest absolute Gasteiger partial charge is 0.654 e. The summed E-state index contributed by atoms with van der Waals surface area (Å²) < 4.78 is 9.81. The molecule has 94 valence electrons. The summed E-state index contributed by atoms with van der Waals surface area (Å²) in [5, 5.41) is 10.9. The molecule has 1 N–H and O–H groups in total. The maximum atomic E-state index is 9.17. The quantitative estimate of drug-likeness (QED) is 0.684. The van der Waals surface area contributed by atoms with Gasteiger partial charge in [-0.3, -0.25) is 9.65 Å². The van der Waals surface area contributed by atoms with E-state index in [-0.39, 0.29) is 0 Å². The number of hydrogen-bond donors (Lipinski definition) is 1. The summed E-state index contributed by atoms with van der Waals surface area (Å²) in [6.45, 7) is 10.3. The van der Waals surface area contributed by atoms with Crippen LogP contribution in [0, 0.1) is 5.92 Å². The van der Waals surface area contributed by atoms with Crippen LogP contribution in [0.25, 0.3) is 0 Å². The van der Waals surface area contributed by atoms with Crippen molar-refractivity contribution >= 4 is 7.32 Å². The molecule has 0 bridgehead atoms. The average molecular weight is 230 g/mol. The molecule has 1 fully saturated rings. The van der Waals surface area contributed by atoms with Gasteiger partial charge in [0.1, 0.15) is 0 Å². The van der Waals surface area contributed by atoms with Crippen LogP contribution < -0.4 is 0 Å². The summed E-state index contributed by atoms with van der Waals surface area (Å²) >= 11 is 0. The molecule has 0 saturated carbocycles. The molecule has 1 unspecified atom stereocenters. The monoisotopic (exact) mass is 230 g/mol. The number of hydrogen-bond acceptors (Lipinski definition) is 5. The Morgan fingerprint density at radius 3 is 2.12 bits per heavy atom. The molecule has 0 spiro atoms. The predicted molar refractivity (Wildman–Crippen MR) is 63.5 cm³/mol. The lowest BCUT2D eigenvalue weighted by atomic mass is 10.0. The van der Waals surface area contributed by atoms with Crippen LogP contribution in [0.15, 0.2) is 0 Å². The fourth-order valence-corrected chi connectivity index (χ4v) is 1.81. The Morgan fingerprint density at radius 1 is 1.12 bits per heavy atom. The molecule has 0 aromatic heterocycles. The summed E-state index contributed by atoms with van der Waals surface area (Å²) in [5.74, 6) is 0.664. The van der Waals surface area contributed by atoms with E-state index in [2.05, 4.69) is 30.3 Å². The van der Waals surface area contributed by atoms with Gasteiger partial charge >= 0.3 is 7.32 Å². The summed E-state index contributed by atoms with van der Waals surface area (Å²) in [7, 11) is 0.274. The third kappa shape index (κ3) is 4.03. The maximum Gasteiger partial charge on any atom is 0.654 e. The van der Waals surface area contributed by atoms with E-state index in [4.69, 9.17) is 4.76 Å². The second-order valence-corrected chi connectivity index (χ2v) is 4.60. The highest BCUT2D eigenvalue weighted by molar-refractivity contribution is 6.34. The first-order valence-corrected chi connectivity index (χ1v) is 5.91. The molecule has 1 rings (SSSR count). The Kier molecular flexibility index (Phi) is 5.71. The lowest BCUT2D eigenvalue weighted by Crippen LogP contribution is -2.52. The highest BCUT2D eigenvalue weighted by atomic mass is 16.8. The Balaban J connectivity index is 2.28. The first-order chi connectivity index (χ1) is 7.54. The minimum absolute atomic E-state index is 0.592. The molecule has 0 radical (unpaired) electrons. The fraction of sp³-hybridized carbons (Fsp3) is 1.00. The van der Waals surface area contributed by atoms with Crippen molar-refractivity contribution in [2.45, 2.75) is 26.8 Å². The van der Waals surface area contributed by atoms with E-state index in [0.717, 1.165) is 26.2 Å². The topological polar surface area (TPSA) is 45.2 Å². The molecule has 1 heterocycles. The molecular formula is C10H23BN2O3. The van der Waals surface area contributed by atoms with Crippen molar-refractivity contribution in [3.05, 3.63) is 0 Å². The first-order valence-electron chi connectivity index (χ1n) is 5.91. The molecule has 1 aliphatic rings. The second kappa shape index (κ2) is 6.56. The van der Waals surface area contributed by atoms with Crippen molar-refractivity contribution in [2.75, 3.05) is 33.3 Å². The summed E-state index contributed by atoms with van der Waals surface area (Å²) in [6, 6.07) is 0.592. The third-order valence-electron chi connectivity index (χ3n) is 3.25. The van der Waals surface area contributed by atoms with Gasteiger partial charge < -0.3 is 9.68 Å². The van der Waals surface area contributed by atoms with Crippen LogP contribution in [-0.4, -0.2) is 61.6 Å². The second-order valence-electron chi connectivity index (χ2n) is 4.60. The van der Waals surface area contributed by atoms with E-state index in [1.165, 1.54) is 7.11 Å². The fourth-order valence-electron chi connectivity index (χ4n) is 1.81. The van der Waals surface area contributed by atoms with E-state index in [1.807, 2.05) is 0 Å². The van der Waals surface area contributed by atoms with Crippen molar-refractivity contribution in [1.29, 1.82) is 0 Å². The molecule has 0 amide bonds. The molecule has 16 heavy (non-hydrogen) atoms. The molecular weight excluding hydrogens is 207 g/mol. The van der Waals surface area contributed by atoms with Gasteiger partial charge in [0.2, 0.25) is 0 Å². The molecule has 5 nitrogen and oxygen atoms in total. The average Bonchev–Trinajstić information content (AvgIpc) is 2.28. The molecule has 1 saturated heterocycles. The predicted octanol–water partition coefficient (Wildman–Crippen LogP) is 0.204. The van der Waals surface area contributed by atoms with Crippen LogP contribution in [0.3, 0.4) is 0 Å². The number of hydroxylamine groups is 2. The minimum atomic E-state index is -1.14. The standard InChI is InChI=1S/C10H23BN2O3/c1-9(2)10(3)12-5-7-13(8-6-12)16-11(14)15-4/h9-10,14H,5-8H2,1-4H3. The van der Waals surface area contributed by atoms with Gasteiger partial charge in [0.15, 0.2) is 0 Å². The SMILES string of the molecule is COB(O)ON1CCN(C(C)C(C)C)CC1. The van der Waals surface area contributed by atoms with Gasteiger partial charge in [-0.05, 0) is 12.8 Å². The van der Waals surface area contributed by atoms with Crippen molar-refractivity contribution in [3.63, 3.8) is 0 Å². The smallest absolute Gasteiger partial charge is 0.401 e. The lowest BCUT2D eigenvalue weighted by Gasteiger charge is -2.39. The zero-order chi connectivity index (χ0) is 12.1. The van der Waals surface area contributed by atoms with Gasteiger partial charge in [-0.2, -0.15) is 5.06 Å². The number of rotatable bonds is 5. The first kappa shape index (κ1) is 13.9. The molecule has 0 aromatic carbocycles. The van der Waals surface area contributed by atoms with E-state index in [9.17, 15) is 5.02 Å². The molecule has 0 aliphatic carbocycles. The normalized spacial score (nSPS) is 21.4. The van der Waals surface area contributed by atoms with E-state index in [0.29, 0.717) is 12.0 Å². The van der Waals surface area contributed by atoms with Crippen LogP contribution in [0.1, 0.15) is 20.8 Å². The van der Waals surface area contributed by atoms with Crippen molar-refractivity contribution in [1.82, 2.24) is 9.96 Å². The minimum Gasteiger partial charge on any atom is -0.401 e. The van der Waals surface area contributed by atoms with Gasteiger partial charge in [0.25, 0.3) is 0 Å². The van der Waals surface area contributed by atoms with Gasteiger partial charge in [-0.15, -0.1) is 0 Å². The lowest BCUT2D eigenvalue weighted by molar-refractivity contribution is -0.127. The molecule has 0 aromatic rings. The van der Waals surface area contributed by atoms with Gasteiger partial charge in [-0.25, -0.2) is 0 Å². The maximum absolute atomic E-state index is 9.17. The van der Waals surface area contributed by atoms with Crippen molar-refractivity contribution < 1.29 is 14.4 Å². The highest BCUT2D eigenvalue weighted by Crippen LogP contribution is 2.13. The van der Waals surface area contributed by atoms with Crippen LogP contribution in [-0.2, 0) is 9.41 Å². The Bertz CT molecular complexity index is 199. The number of piperazine rings is 1. The van der Waals surface area contributed by atoms with Gasteiger partial charge in [-0.1, -0.05) is 13.8 Å².